The van der Waals surface area contributed by atoms with Gasteiger partial charge in [-0.05, 0) is 12.1 Å². The Morgan fingerprint density at radius 2 is 2.17 bits per heavy atom. The van der Waals surface area contributed by atoms with Crippen LogP contribution in [0.2, 0.25) is 0 Å². The molecular weight excluding hydrogens is 232 g/mol. The molecule has 1 unspecified atom stereocenters. The molecule has 18 heavy (non-hydrogen) atoms. The van der Waals surface area contributed by atoms with Crippen molar-refractivity contribution < 1.29 is 9.15 Å². The van der Waals surface area contributed by atoms with Gasteiger partial charge in [-0.2, -0.15) is 0 Å². The summed E-state index contributed by atoms with van der Waals surface area (Å²) < 4.78 is 11.3. The molecule has 0 amide bonds. The van der Waals surface area contributed by atoms with Crippen molar-refractivity contribution in [2.75, 3.05) is 25.4 Å². The number of hydrogen-bond acceptors (Lipinski definition) is 5. The van der Waals surface area contributed by atoms with Gasteiger partial charge in [0, 0.05) is 13.1 Å². The van der Waals surface area contributed by atoms with Crippen LogP contribution in [-0.2, 0) is 4.74 Å². The van der Waals surface area contributed by atoms with Gasteiger partial charge in [-0.15, -0.1) is 0 Å². The normalized spacial score (nSPS) is 20.1. The van der Waals surface area contributed by atoms with Crippen LogP contribution in [0.5, 0.6) is 0 Å². The molecule has 0 saturated carbocycles. The van der Waals surface area contributed by atoms with E-state index in [-0.39, 0.29) is 17.2 Å². The van der Waals surface area contributed by atoms with Gasteiger partial charge in [0.25, 0.3) is 0 Å². The lowest BCUT2D eigenvalue weighted by atomic mass is 10.1. The molecule has 1 aliphatic heterocycles. The molecular formula is C13H14N2O3. The minimum Gasteiger partial charge on any atom is -0.456 e. The van der Waals surface area contributed by atoms with Crippen molar-refractivity contribution in [3.05, 3.63) is 40.2 Å². The van der Waals surface area contributed by atoms with Crippen LogP contribution in [0.3, 0.4) is 0 Å². The van der Waals surface area contributed by atoms with E-state index < -0.39 is 0 Å². The van der Waals surface area contributed by atoms with Crippen LogP contribution >= 0.6 is 0 Å². The summed E-state index contributed by atoms with van der Waals surface area (Å²) in [5.74, 6) is 0.422. The molecule has 1 aromatic carbocycles. The molecule has 0 spiro atoms. The maximum atomic E-state index is 12.1. The van der Waals surface area contributed by atoms with Crippen molar-refractivity contribution in [1.82, 2.24) is 5.32 Å². The summed E-state index contributed by atoms with van der Waals surface area (Å²) in [6, 6.07) is 7.08. The highest BCUT2D eigenvalue weighted by Crippen LogP contribution is 2.25. The van der Waals surface area contributed by atoms with Gasteiger partial charge in [-0.1, -0.05) is 12.1 Å². The molecule has 5 nitrogen and oxygen atoms in total. The highest BCUT2D eigenvalue weighted by atomic mass is 16.5. The van der Waals surface area contributed by atoms with Gasteiger partial charge in [0.2, 0.25) is 5.43 Å². The third kappa shape index (κ3) is 1.77. The SMILES string of the molecule is Nc1c(C2CNCCO2)oc2ccccc2c1=O. The summed E-state index contributed by atoms with van der Waals surface area (Å²) in [4.78, 5) is 12.1. The van der Waals surface area contributed by atoms with E-state index in [1.54, 1.807) is 18.2 Å². The van der Waals surface area contributed by atoms with E-state index in [4.69, 9.17) is 14.9 Å². The summed E-state index contributed by atoms with van der Waals surface area (Å²) in [5.41, 5.74) is 6.36. The number of benzene rings is 1. The molecule has 0 radical (unpaired) electrons. The van der Waals surface area contributed by atoms with Gasteiger partial charge >= 0.3 is 0 Å². The fraction of sp³-hybridized carbons (Fsp3) is 0.308. The van der Waals surface area contributed by atoms with Crippen LogP contribution in [0.25, 0.3) is 11.0 Å². The van der Waals surface area contributed by atoms with Crippen LogP contribution in [0.1, 0.15) is 11.9 Å². The number of anilines is 1. The number of hydrogen-bond donors (Lipinski definition) is 2. The predicted octanol–water partition coefficient (Wildman–Crippen LogP) is 1.04. The van der Waals surface area contributed by atoms with Gasteiger partial charge in [0.05, 0.1) is 12.0 Å². The van der Waals surface area contributed by atoms with Crippen LogP contribution in [0.4, 0.5) is 5.69 Å². The fourth-order valence-corrected chi connectivity index (χ4v) is 2.15. The van der Waals surface area contributed by atoms with E-state index in [9.17, 15) is 4.79 Å². The zero-order valence-electron chi connectivity index (χ0n) is 9.81. The number of nitrogens with one attached hydrogen (secondary N) is 1. The highest BCUT2D eigenvalue weighted by molar-refractivity contribution is 5.79. The average Bonchev–Trinajstić information content (AvgIpc) is 2.44. The molecule has 1 saturated heterocycles. The molecule has 1 fully saturated rings. The van der Waals surface area contributed by atoms with Gasteiger partial charge in [0.1, 0.15) is 17.4 Å². The largest absolute Gasteiger partial charge is 0.456 e. The Hall–Kier alpha value is -1.85. The Kier molecular flexibility index (Phi) is 2.77. The molecule has 1 atom stereocenters. The number of para-hydroxylation sites is 1. The van der Waals surface area contributed by atoms with E-state index in [2.05, 4.69) is 5.32 Å². The standard InChI is InChI=1S/C13H14N2O3/c14-11-12(16)8-3-1-2-4-9(8)18-13(11)10-7-15-5-6-17-10/h1-4,10,15H,5-7,14H2. The smallest absolute Gasteiger partial charge is 0.215 e. The van der Waals surface area contributed by atoms with Gasteiger partial charge in [-0.3, -0.25) is 4.79 Å². The topological polar surface area (TPSA) is 77.5 Å². The lowest BCUT2D eigenvalue weighted by Crippen LogP contribution is -2.34. The fourth-order valence-electron chi connectivity index (χ4n) is 2.15. The maximum absolute atomic E-state index is 12.1. The summed E-state index contributed by atoms with van der Waals surface area (Å²) in [6.45, 7) is 1.99. The zero-order chi connectivity index (χ0) is 12.5. The molecule has 5 heteroatoms. The molecule has 0 aliphatic carbocycles. The monoisotopic (exact) mass is 246 g/mol. The molecule has 3 N–H and O–H groups in total. The Bertz CT molecular complexity index is 630. The Balaban J connectivity index is 2.17. The first-order chi connectivity index (χ1) is 8.77. The van der Waals surface area contributed by atoms with E-state index in [1.165, 1.54) is 0 Å². The Morgan fingerprint density at radius 3 is 2.94 bits per heavy atom. The van der Waals surface area contributed by atoms with Gasteiger partial charge in [0.15, 0.2) is 5.76 Å². The first kappa shape index (κ1) is 11.3. The third-order valence-corrected chi connectivity index (χ3v) is 3.08. The van der Waals surface area contributed by atoms with E-state index in [0.717, 1.165) is 6.54 Å². The predicted molar refractivity (Wildman–Crippen MR) is 68.5 cm³/mol. The van der Waals surface area contributed by atoms with Gasteiger partial charge < -0.3 is 20.2 Å². The summed E-state index contributed by atoms with van der Waals surface area (Å²) in [5, 5.41) is 3.69. The summed E-state index contributed by atoms with van der Waals surface area (Å²) in [7, 11) is 0. The second-order valence-corrected chi connectivity index (χ2v) is 4.27. The van der Waals surface area contributed by atoms with E-state index >= 15 is 0 Å². The zero-order valence-corrected chi connectivity index (χ0v) is 9.81. The van der Waals surface area contributed by atoms with Crippen molar-refractivity contribution in [3.8, 4) is 0 Å². The number of nitrogen functional groups attached to an aromatic ring is 1. The van der Waals surface area contributed by atoms with Crippen molar-refractivity contribution in [1.29, 1.82) is 0 Å². The maximum Gasteiger partial charge on any atom is 0.215 e. The number of rotatable bonds is 1. The number of fused-ring (bicyclic) bond motifs is 1. The summed E-state index contributed by atoms with van der Waals surface area (Å²) in [6.07, 6.45) is -0.295. The molecule has 1 aliphatic rings. The van der Waals surface area contributed by atoms with Crippen LogP contribution in [-0.4, -0.2) is 19.7 Å². The molecule has 2 heterocycles. The van der Waals surface area contributed by atoms with Crippen molar-refractivity contribution in [2.24, 2.45) is 0 Å². The minimum absolute atomic E-state index is 0.141. The van der Waals surface area contributed by atoms with Crippen molar-refractivity contribution in [2.45, 2.75) is 6.10 Å². The summed E-state index contributed by atoms with van der Waals surface area (Å²) >= 11 is 0. The highest BCUT2D eigenvalue weighted by Gasteiger charge is 2.23. The third-order valence-electron chi connectivity index (χ3n) is 3.08. The molecule has 0 bridgehead atoms. The lowest BCUT2D eigenvalue weighted by molar-refractivity contribution is 0.0151. The Labute approximate surface area is 104 Å². The average molecular weight is 246 g/mol. The first-order valence-corrected chi connectivity index (χ1v) is 5.91. The van der Waals surface area contributed by atoms with E-state index in [0.29, 0.717) is 29.9 Å². The van der Waals surface area contributed by atoms with E-state index in [1.807, 2.05) is 6.07 Å². The van der Waals surface area contributed by atoms with Gasteiger partial charge in [-0.25, -0.2) is 0 Å². The molecule has 1 aromatic heterocycles. The lowest BCUT2D eigenvalue weighted by Gasteiger charge is -2.23. The molecule has 3 rings (SSSR count). The molecule has 2 aromatic rings. The Morgan fingerprint density at radius 1 is 1.33 bits per heavy atom. The number of morpholine rings is 1. The van der Waals surface area contributed by atoms with Crippen LogP contribution < -0.4 is 16.5 Å². The second kappa shape index (κ2) is 4.44. The quantitative estimate of drug-likeness (QED) is 0.786. The molecule has 94 valence electrons. The minimum atomic E-state index is -0.295. The first-order valence-electron chi connectivity index (χ1n) is 5.91. The van der Waals surface area contributed by atoms with Crippen molar-refractivity contribution in [3.63, 3.8) is 0 Å². The van der Waals surface area contributed by atoms with Crippen LogP contribution in [0.15, 0.2) is 33.5 Å². The number of ether oxygens (including phenoxy) is 1. The van der Waals surface area contributed by atoms with Crippen molar-refractivity contribution >= 4 is 16.7 Å². The van der Waals surface area contributed by atoms with Crippen LogP contribution in [0, 0.1) is 0 Å². The second-order valence-electron chi connectivity index (χ2n) is 4.27. The number of nitrogens with two attached hydrogens (primary N) is 1.